The zero-order chi connectivity index (χ0) is 15.2. The fourth-order valence-corrected chi connectivity index (χ4v) is 2.12. The van der Waals surface area contributed by atoms with Crippen LogP contribution in [0.25, 0.3) is 10.4 Å². The van der Waals surface area contributed by atoms with Crippen LogP contribution in [0.5, 0.6) is 0 Å². The van der Waals surface area contributed by atoms with Crippen molar-refractivity contribution in [1.82, 2.24) is 0 Å². The van der Waals surface area contributed by atoms with E-state index in [2.05, 4.69) is 10.0 Å². The van der Waals surface area contributed by atoms with Crippen molar-refractivity contribution < 1.29 is 24.8 Å². The van der Waals surface area contributed by atoms with Crippen molar-refractivity contribution in [3.05, 3.63) is 46.3 Å². The highest BCUT2D eigenvalue weighted by molar-refractivity contribution is 5.13. The van der Waals surface area contributed by atoms with Gasteiger partial charge in [0.2, 0.25) is 0 Å². The maximum absolute atomic E-state index is 9.90. The molecule has 5 atom stereocenters. The van der Waals surface area contributed by atoms with Crippen LogP contribution in [0.15, 0.2) is 35.4 Å². The average Bonchev–Trinajstić information content (AvgIpc) is 2.50. The number of benzene rings is 1. The summed E-state index contributed by atoms with van der Waals surface area (Å²) >= 11 is 0. The van der Waals surface area contributed by atoms with Crippen LogP contribution in [0.3, 0.4) is 0 Å². The lowest BCUT2D eigenvalue weighted by atomic mass is 9.98. The number of rotatable bonds is 5. The van der Waals surface area contributed by atoms with Crippen LogP contribution in [-0.4, -0.2) is 52.6 Å². The second-order valence-electron chi connectivity index (χ2n) is 4.74. The monoisotopic (exact) mass is 295 g/mol. The number of ether oxygens (including phenoxy) is 2. The van der Waals surface area contributed by atoms with Crippen LogP contribution in [0.2, 0.25) is 0 Å². The van der Waals surface area contributed by atoms with Gasteiger partial charge in [0.15, 0.2) is 6.29 Å². The van der Waals surface area contributed by atoms with E-state index in [-0.39, 0.29) is 6.61 Å². The first-order valence-electron chi connectivity index (χ1n) is 6.49. The lowest BCUT2D eigenvalue weighted by molar-refractivity contribution is -0.252. The van der Waals surface area contributed by atoms with E-state index in [4.69, 9.17) is 15.0 Å². The molecule has 114 valence electrons. The Morgan fingerprint density at radius 3 is 2.57 bits per heavy atom. The quantitative estimate of drug-likeness (QED) is 0.409. The van der Waals surface area contributed by atoms with Crippen LogP contribution in [0.4, 0.5) is 0 Å². The molecule has 21 heavy (non-hydrogen) atoms. The number of hydrogen-bond acceptors (Lipinski definition) is 6. The minimum Gasteiger partial charge on any atom is -0.390 e. The third kappa shape index (κ3) is 3.92. The molecule has 0 aromatic heterocycles. The molecule has 1 aliphatic rings. The highest BCUT2D eigenvalue weighted by Gasteiger charge is 2.43. The summed E-state index contributed by atoms with van der Waals surface area (Å²) < 4.78 is 10.5. The van der Waals surface area contributed by atoms with Gasteiger partial charge in [0.25, 0.3) is 0 Å². The summed E-state index contributed by atoms with van der Waals surface area (Å²) in [6.45, 7) is 0.312. The van der Waals surface area contributed by atoms with Gasteiger partial charge in [-0.2, -0.15) is 0 Å². The Morgan fingerprint density at radius 2 is 1.90 bits per heavy atom. The van der Waals surface area contributed by atoms with Crippen molar-refractivity contribution in [2.24, 2.45) is 5.11 Å². The first kappa shape index (κ1) is 15.7. The molecule has 8 heteroatoms. The third-order valence-corrected chi connectivity index (χ3v) is 3.27. The summed E-state index contributed by atoms with van der Waals surface area (Å²) in [6.07, 6.45) is -5.09. The van der Waals surface area contributed by atoms with E-state index < -0.39 is 30.6 Å². The fourth-order valence-electron chi connectivity index (χ4n) is 2.12. The molecule has 0 aliphatic carbocycles. The van der Waals surface area contributed by atoms with E-state index in [1.165, 1.54) is 0 Å². The molecule has 2 rings (SSSR count). The van der Waals surface area contributed by atoms with Gasteiger partial charge in [0.05, 0.1) is 19.3 Å². The zero-order valence-electron chi connectivity index (χ0n) is 11.2. The minimum atomic E-state index is -1.48. The van der Waals surface area contributed by atoms with E-state index in [0.29, 0.717) is 6.61 Å². The Bertz CT molecular complexity index is 494. The Balaban J connectivity index is 1.88. The Kier molecular flexibility index (Phi) is 5.51. The summed E-state index contributed by atoms with van der Waals surface area (Å²) in [5.74, 6) is 0. The molecule has 0 spiro atoms. The first-order valence-corrected chi connectivity index (χ1v) is 6.49. The van der Waals surface area contributed by atoms with E-state index in [1.54, 1.807) is 0 Å². The standard InChI is InChI=1S/C13H17N3O5/c14-16-15-10-12(18)11(17)9(21-13(10)19)7-20-6-8-4-2-1-3-5-8/h1-5,9-13,17-19H,6-7H2/t9-,10-,11-,12-,13-/m1/s1. The SMILES string of the molecule is [N-]=[N+]=N[C@@H]1[C@@H](O)[C@H](O)[C@@H](COCc2ccccc2)O[C@H]1O. The van der Waals surface area contributed by atoms with Crippen LogP contribution in [0, 0.1) is 0 Å². The number of aliphatic hydroxyl groups excluding tert-OH is 3. The molecule has 8 nitrogen and oxygen atoms in total. The van der Waals surface area contributed by atoms with E-state index in [1.807, 2.05) is 30.3 Å². The summed E-state index contributed by atoms with van der Waals surface area (Å²) in [4.78, 5) is 2.50. The number of aliphatic hydroxyl groups is 3. The van der Waals surface area contributed by atoms with Crippen molar-refractivity contribution in [1.29, 1.82) is 0 Å². The van der Waals surface area contributed by atoms with Gasteiger partial charge < -0.3 is 24.8 Å². The van der Waals surface area contributed by atoms with Gasteiger partial charge in [-0.15, -0.1) is 0 Å². The second kappa shape index (κ2) is 7.37. The normalized spacial score (nSPS) is 32.4. The molecular formula is C13H17N3O5. The van der Waals surface area contributed by atoms with Crippen LogP contribution < -0.4 is 0 Å². The Labute approximate surface area is 121 Å². The molecule has 1 heterocycles. The summed E-state index contributed by atoms with van der Waals surface area (Å²) in [5.41, 5.74) is 9.30. The molecule has 0 bridgehead atoms. The van der Waals surface area contributed by atoms with Crippen molar-refractivity contribution in [3.8, 4) is 0 Å². The van der Waals surface area contributed by atoms with E-state index in [9.17, 15) is 15.3 Å². The van der Waals surface area contributed by atoms with Gasteiger partial charge in [-0.25, -0.2) is 0 Å². The Hall–Kier alpha value is -1.67. The van der Waals surface area contributed by atoms with Crippen LogP contribution >= 0.6 is 0 Å². The fraction of sp³-hybridized carbons (Fsp3) is 0.538. The largest absolute Gasteiger partial charge is 0.390 e. The minimum absolute atomic E-state index is 0.00678. The predicted molar refractivity (Wildman–Crippen MR) is 71.9 cm³/mol. The third-order valence-electron chi connectivity index (χ3n) is 3.27. The van der Waals surface area contributed by atoms with Gasteiger partial charge in [0, 0.05) is 4.91 Å². The van der Waals surface area contributed by atoms with E-state index in [0.717, 1.165) is 5.56 Å². The van der Waals surface area contributed by atoms with Gasteiger partial charge in [-0.1, -0.05) is 35.4 Å². The van der Waals surface area contributed by atoms with Gasteiger partial charge >= 0.3 is 0 Å². The molecule has 3 N–H and O–H groups in total. The molecular weight excluding hydrogens is 278 g/mol. The molecule has 0 radical (unpaired) electrons. The molecule has 1 fully saturated rings. The highest BCUT2D eigenvalue weighted by atomic mass is 16.6. The lowest BCUT2D eigenvalue weighted by Gasteiger charge is -2.38. The smallest absolute Gasteiger partial charge is 0.166 e. The predicted octanol–water partition coefficient (Wildman–Crippen LogP) is 0.321. The maximum atomic E-state index is 9.90. The molecule has 1 aliphatic heterocycles. The number of hydrogen-bond donors (Lipinski definition) is 3. The van der Waals surface area contributed by atoms with Crippen molar-refractivity contribution in [2.45, 2.75) is 37.3 Å². The summed E-state index contributed by atoms with van der Waals surface area (Å²) in [6, 6.07) is 8.18. The first-order chi connectivity index (χ1) is 10.1. The summed E-state index contributed by atoms with van der Waals surface area (Å²) in [5, 5.41) is 32.6. The summed E-state index contributed by atoms with van der Waals surface area (Å²) in [7, 11) is 0. The molecule has 1 saturated heterocycles. The van der Waals surface area contributed by atoms with Crippen LogP contribution in [-0.2, 0) is 16.1 Å². The molecule has 1 aromatic carbocycles. The molecule has 0 saturated carbocycles. The van der Waals surface area contributed by atoms with Crippen LogP contribution in [0.1, 0.15) is 5.56 Å². The molecule has 0 unspecified atom stereocenters. The zero-order valence-corrected chi connectivity index (χ0v) is 11.2. The maximum Gasteiger partial charge on any atom is 0.166 e. The number of nitrogens with zero attached hydrogens (tertiary/aromatic N) is 3. The number of azide groups is 1. The van der Waals surface area contributed by atoms with Crippen molar-refractivity contribution in [3.63, 3.8) is 0 Å². The van der Waals surface area contributed by atoms with Crippen molar-refractivity contribution in [2.75, 3.05) is 6.61 Å². The molecule has 0 amide bonds. The van der Waals surface area contributed by atoms with Crippen molar-refractivity contribution >= 4 is 0 Å². The molecule has 1 aromatic rings. The van der Waals surface area contributed by atoms with Gasteiger partial charge in [0.1, 0.15) is 18.2 Å². The van der Waals surface area contributed by atoms with Gasteiger partial charge in [-0.05, 0) is 11.1 Å². The Morgan fingerprint density at radius 1 is 1.19 bits per heavy atom. The average molecular weight is 295 g/mol. The highest BCUT2D eigenvalue weighted by Crippen LogP contribution is 2.23. The van der Waals surface area contributed by atoms with Gasteiger partial charge in [-0.3, -0.25) is 0 Å². The topological polar surface area (TPSA) is 128 Å². The lowest BCUT2D eigenvalue weighted by Crippen LogP contribution is -2.57. The van der Waals surface area contributed by atoms with E-state index >= 15 is 0 Å². The second-order valence-corrected chi connectivity index (χ2v) is 4.74.